The highest BCUT2D eigenvalue weighted by Crippen LogP contribution is 2.29. The summed E-state index contributed by atoms with van der Waals surface area (Å²) in [6.07, 6.45) is 1.04. The molecule has 0 aromatic heterocycles. The number of anilines is 1. The highest BCUT2D eigenvalue weighted by molar-refractivity contribution is 6.39. The maximum Gasteiger partial charge on any atom is 0.415 e. The van der Waals surface area contributed by atoms with Gasteiger partial charge < -0.3 is 29.7 Å². The van der Waals surface area contributed by atoms with Crippen LogP contribution in [0.3, 0.4) is 0 Å². The number of amides is 3. The Bertz CT molecular complexity index is 942. The molecule has 0 radical (unpaired) electrons. The molecule has 9 heteroatoms. The van der Waals surface area contributed by atoms with Crippen LogP contribution in [-0.2, 0) is 9.59 Å². The average Bonchev–Trinajstić information content (AvgIpc) is 2.83. The van der Waals surface area contributed by atoms with E-state index in [0.29, 0.717) is 55.4 Å². The van der Waals surface area contributed by atoms with Crippen LogP contribution < -0.4 is 24.8 Å². The van der Waals surface area contributed by atoms with Gasteiger partial charge in [-0.3, -0.25) is 9.59 Å². The number of hydrogen-bond donors (Lipinski definition) is 2. The van der Waals surface area contributed by atoms with Crippen molar-refractivity contribution in [1.29, 1.82) is 0 Å². The lowest BCUT2D eigenvalue weighted by molar-refractivity contribution is -0.136. The molecule has 1 aliphatic heterocycles. The van der Waals surface area contributed by atoms with Gasteiger partial charge in [-0.05, 0) is 43.0 Å². The summed E-state index contributed by atoms with van der Waals surface area (Å²) in [5.41, 5.74) is 0.424. The molecule has 3 amide bonds. The van der Waals surface area contributed by atoms with Gasteiger partial charge in [-0.2, -0.15) is 0 Å². The van der Waals surface area contributed by atoms with Gasteiger partial charge in [0.1, 0.15) is 5.75 Å². The molecule has 3 rings (SSSR count). The molecule has 32 heavy (non-hydrogen) atoms. The molecule has 9 nitrogen and oxygen atoms in total. The minimum Gasteiger partial charge on any atom is -0.493 e. The Kier molecular flexibility index (Phi) is 7.91. The third-order valence-electron chi connectivity index (χ3n) is 5.22. The Labute approximate surface area is 186 Å². The van der Waals surface area contributed by atoms with Gasteiger partial charge in [0.05, 0.1) is 14.2 Å². The van der Waals surface area contributed by atoms with Crippen LogP contribution >= 0.6 is 0 Å². The van der Waals surface area contributed by atoms with Crippen LogP contribution in [0.5, 0.6) is 17.2 Å². The first-order chi connectivity index (χ1) is 15.5. The first kappa shape index (κ1) is 22.9. The summed E-state index contributed by atoms with van der Waals surface area (Å²) in [6, 6.07) is 13.8. The number of hydrogen-bond acceptors (Lipinski definition) is 6. The van der Waals surface area contributed by atoms with Crippen molar-refractivity contribution in [3.8, 4) is 17.2 Å². The van der Waals surface area contributed by atoms with E-state index >= 15 is 0 Å². The van der Waals surface area contributed by atoms with Crippen LogP contribution in [0.2, 0.25) is 0 Å². The molecule has 170 valence electrons. The minimum atomic E-state index is -0.763. The smallest absolute Gasteiger partial charge is 0.415 e. The van der Waals surface area contributed by atoms with Gasteiger partial charge in [0.15, 0.2) is 11.5 Å². The fourth-order valence-corrected chi connectivity index (χ4v) is 3.39. The van der Waals surface area contributed by atoms with E-state index in [-0.39, 0.29) is 12.0 Å². The summed E-state index contributed by atoms with van der Waals surface area (Å²) in [7, 11) is 3.00. The number of nitrogens with zero attached hydrogens (tertiary/aromatic N) is 1. The molecule has 0 unspecified atom stereocenters. The number of likely N-dealkylation sites (tertiary alicyclic amines) is 1. The number of para-hydroxylation sites is 1. The predicted octanol–water partition coefficient (Wildman–Crippen LogP) is 2.67. The van der Waals surface area contributed by atoms with Crippen LogP contribution in [0.15, 0.2) is 48.5 Å². The van der Waals surface area contributed by atoms with Gasteiger partial charge in [-0.15, -0.1) is 0 Å². The highest BCUT2D eigenvalue weighted by Gasteiger charge is 2.25. The van der Waals surface area contributed by atoms with Gasteiger partial charge in [0.2, 0.25) is 0 Å². The number of carbonyl (C=O) groups is 3. The highest BCUT2D eigenvalue weighted by atomic mass is 16.6. The summed E-state index contributed by atoms with van der Waals surface area (Å²) in [5.74, 6) is 0.171. The van der Waals surface area contributed by atoms with E-state index < -0.39 is 11.8 Å². The van der Waals surface area contributed by atoms with Crippen LogP contribution in [0, 0.1) is 5.92 Å². The third-order valence-corrected chi connectivity index (χ3v) is 5.22. The maximum atomic E-state index is 12.3. The zero-order valence-electron chi connectivity index (χ0n) is 18.1. The van der Waals surface area contributed by atoms with E-state index in [0.717, 1.165) is 0 Å². The molecule has 1 fully saturated rings. The lowest BCUT2D eigenvalue weighted by Gasteiger charge is -2.31. The SMILES string of the molecule is COc1ccc(NC(=O)C(=O)NCC2CCN(C(=O)Oc3ccccc3)CC2)cc1OC. The first-order valence-electron chi connectivity index (χ1n) is 10.3. The Morgan fingerprint density at radius 3 is 2.28 bits per heavy atom. The normalized spacial score (nSPS) is 13.8. The molecule has 0 saturated carbocycles. The second kappa shape index (κ2) is 11.0. The van der Waals surface area contributed by atoms with Crippen LogP contribution in [-0.4, -0.2) is 56.7 Å². The summed E-state index contributed by atoms with van der Waals surface area (Å²) in [6.45, 7) is 1.42. The second-order valence-electron chi connectivity index (χ2n) is 7.35. The standard InChI is InChI=1S/C23H27N3O6/c1-30-19-9-8-17(14-20(19)31-2)25-22(28)21(27)24-15-16-10-12-26(13-11-16)23(29)32-18-6-4-3-5-7-18/h3-9,14,16H,10-13,15H2,1-2H3,(H,24,27)(H,25,28). The van der Waals surface area contributed by atoms with Crippen molar-refractivity contribution >= 4 is 23.6 Å². The van der Waals surface area contributed by atoms with Gasteiger partial charge in [-0.1, -0.05) is 18.2 Å². The van der Waals surface area contributed by atoms with Crippen molar-refractivity contribution in [2.75, 3.05) is 39.2 Å². The van der Waals surface area contributed by atoms with Gasteiger partial charge >= 0.3 is 17.9 Å². The fraction of sp³-hybridized carbons (Fsp3) is 0.348. The molecular formula is C23H27N3O6. The predicted molar refractivity (Wildman–Crippen MR) is 118 cm³/mol. The summed E-state index contributed by atoms with van der Waals surface area (Å²) >= 11 is 0. The van der Waals surface area contributed by atoms with Crippen LogP contribution in [0.4, 0.5) is 10.5 Å². The van der Waals surface area contributed by atoms with Gasteiger partial charge in [0, 0.05) is 31.4 Å². The van der Waals surface area contributed by atoms with Crippen molar-refractivity contribution in [3.63, 3.8) is 0 Å². The maximum absolute atomic E-state index is 12.3. The number of nitrogens with one attached hydrogen (secondary N) is 2. The number of ether oxygens (including phenoxy) is 3. The Balaban J connectivity index is 1.41. The second-order valence-corrected chi connectivity index (χ2v) is 7.35. The molecule has 0 atom stereocenters. The van der Waals surface area contributed by atoms with E-state index in [1.807, 2.05) is 6.07 Å². The molecule has 2 N–H and O–H groups in total. The minimum absolute atomic E-state index is 0.175. The van der Waals surface area contributed by atoms with Gasteiger partial charge in [-0.25, -0.2) is 4.79 Å². The van der Waals surface area contributed by atoms with Crippen molar-refractivity contribution in [1.82, 2.24) is 10.2 Å². The van der Waals surface area contributed by atoms with E-state index in [1.54, 1.807) is 47.4 Å². The van der Waals surface area contributed by atoms with Crippen molar-refractivity contribution in [2.45, 2.75) is 12.8 Å². The van der Waals surface area contributed by atoms with Crippen molar-refractivity contribution < 1.29 is 28.6 Å². The summed E-state index contributed by atoms with van der Waals surface area (Å²) in [5, 5.41) is 5.21. The number of piperidine rings is 1. The average molecular weight is 441 g/mol. The number of carbonyl (C=O) groups excluding carboxylic acids is 3. The quantitative estimate of drug-likeness (QED) is 0.668. The number of benzene rings is 2. The fourth-order valence-electron chi connectivity index (χ4n) is 3.39. The molecule has 0 bridgehead atoms. The molecule has 1 heterocycles. The van der Waals surface area contributed by atoms with E-state index in [9.17, 15) is 14.4 Å². The molecule has 1 aliphatic rings. The van der Waals surface area contributed by atoms with Gasteiger partial charge in [0.25, 0.3) is 0 Å². The molecule has 2 aromatic carbocycles. The Morgan fingerprint density at radius 2 is 1.62 bits per heavy atom. The zero-order chi connectivity index (χ0) is 22.9. The summed E-state index contributed by atoms with van der Waals surface area (Å²) < 4.78 is 15.7. The van der Waals surface area contributed by atoms with E-state index in [1.165, 1.54) is 14.2 Å². The van der Waals surface area contributed by atoms with Crippen molar-refractivity contribution in [3.05, 3.63) is 48.5 Å². The lowest BCUT2D eigenvalue weighted by atomic mass is 9.97. The molecular weight excluding hydrogens is 414 g/mol. The third kappa shape index (κ3) is 6.13. The first-order valence-corrected chi connectivity index (χ1v) is 10.3. The number of rotatable bonds is 6. The van der Waals surface area contributed by atoms with Crippen LogP contribution in [0.1, 0.15) is 12.8 Å². The van der Waals surface area contributed by atoms with E-state index in [4.69, 9.17) is 14.2 Å². The van der Waals surface area contributed by atoms with Crippen molar-refractivity contribution in [2.24, 2.45) is 5.92 Å². The molecule has 2 aromatic rings. The lowest BCUT2D eigenvalue weighted by Crippen LogP contribution is -2.44. The Morgan fingerprint density at radius 1 is 0.938 bits per heavy atom. The largest absolute Gasteiger partial charge is 0.493 e. The molecule has 0 aliphatic carbocycles. The summed E-state index contributed by atoms with van der Waals surface area (Å²) in [4.78, 5) is 38.3. The zero-order valence-corrected chi connectivity index (χ0v) is 18.1. The topological polar surface area (TPSA) is 106 Å². The van der Waals surface area contributed by atoms with Crippen LogP contribution in [0.25, 0.3) is 0 Å². The molecule has 0 spiro atoms. The number of methoxy groups -OCH3 is 2. The monoisotopic (exact) mass is 441 g/mol. The van der Waals surface area contributed by atoms with E-state index in [2.05, 4.69) is 10.6 Å². The Hall–Kier alpha value is -3.75. The molecule has 1 saturated heterocycles.